The number of benzene rings is 1. The quantitative estimate of drug-likeness (QED) is 0.328. The highest BCUT2D eigenvalue weighted by Gasteiger charge is 2.17. The van der Waals surface area contributed by atoms with Gasteiger partial charge in [-0.05, 0) is 18.2 Å². The summed E-state index contributed by atoms with van der Waals surface area (Å²) in [6, 6.07) is 4.32. The summed E-state index contributed by atoms with van der Waals surface area (Å²) in [6.45, 7) is 0. The third-order valence-corrected chi connectivity index (χ3v) is 3.76. The predicted octanol–water partition coefficient (Wildman–Crippen LogP) is 0.653. The van der Waals surface area contributed by atoms with E-state index in [0.717, 1.165) is 4.31 Å². The Balaban J connectivity index is 3.27. The predicted molar refractivity (Wildman–Crippen MR) is 70.2 cm³/mol. The standard InChI is InChI=1S/C9H13ClN4O3S/c1-14(2)18(16,17)13-8-5-6(10)3-4-7(8)9(11)12-15/h3-5,13,15H,1-2H3,(H2,11,12). The van der Waals surface area contributed by atoms with E-state index < -0.39 is 10.2 Å². The number of nitrogens with two attached hydrogens (primary N) is 1. The van der Waals surface area contributed by atoms with Gasteiger partial charge in [0.1, 0.15) is 0 Å². The van der Waals surface area contributed by atoms with Crippen LogP contribution in [-0.2, 0) is 10.2 Å². The fourth-order valence-electron chi connectivity index (χ4n) is 1.11. The number of nitrogens with one attached hydrogen (secondary N) is 1. The molecule has 0 aliphatic carbocycles. The van der Waals surface area contributed by atoms with Gasteiger partial charge in [-0.3, -0.25) is 4.72 Å². The molecule has 0 unspecified atom stereocenters. The molecule has 0 aliphatic rings. The number of nitrogens with zero attached hydrogens (tertiary/aromatic N) is 2. The van der Waals surface area contributed by atoms with Crippen molar-refractivity contribution in [1.82, 2.24) is 4.31 Å². The molecule has 0 amide bonds. The Labute approximate surface area is 110 Å². The maximum absolute atomic E-state index is 11.7. The lowest BCUT2D eigenvalue weighted by Gasteiger charge is -2.15. The third-order valence-electron chi connectivity index (χ3n) is 2.08. The van der Waals surface area contributed by atoms with Gasteiger partial charge in [0.15, 0.2) is 5.84 Å². The normalized spacial score (nSPS) is 12.8. The molecule has 4 N–H and O–H groups in total. The molecular formula is C9H13ClN4O3S. The summed E-state index contributed by atoms with van der Waals surface area (Å²) in [5, 5.41) is 11.8. The number of halogens is 1. The number of oxime groups is 1. The Morgan fingerprint density at radius 3 is 2.61 bits per heavy atom. The Hall–Kier alpha value is -1.51. The number of hydrogen-bond acceptors (Lipinski definition) is 4. The molecule has 0 fully saturated rings. The van der Waals surface area contributed by atoms with Crippen LogP contribution in [0.4, 0.5) is 5.69 Å². The monoisotopic (exact) mass is 292 g/mol. The number of rotatable bonds is 4. The van der Waals surface area contributed by atoms with Crippen molar-refractivity contribution in [2.75, 3.05) is 18.8 Å². The maximum Gasteiger partial charge on any atom is 0.301 e. The second-order valence-corrected chi connectivity index (χ2v) is 5.89. The molecule has 0 saturated heterocycles. The van der Waals surface area contributed by atoms with Crippen molar-refractivity contribution < 1.29 is 13.6 Å². The van der Waals surface area contributed by atoms with Crippen LogP contribution in [0.25, 0.3) is 0 Å². The number of hydrogen-bond donors (Lipinski definition) is 3. The van der Waals surface area contributed by atoms with Gasteiger partial charge in [0.2, 0.25) is 0 Å². The number of anilines is 1. The lowest BCUT2D eigenvalue weighted by atomic mass is 10.1. The summed E-state index contributed by atoms with van der Waals surface area (Å²) in [6.07, 6.45) is 0. The molecule has 100 valence electrons. The zero-order valence-electron chi connectivity index (χ0n) is 9.75. The Morgan fingerprint density at radius 1 is 1.50 bits per heavy atom. The van der Waals surface area contributed by atoms with Crippen LogP contribution < -0.4 is 10.5 Å². The largest absolute Gasteiger partial charge is 0.409 e. The van der Waals surface area contributed by atoms with Crippen molar-refractivity contribution in [2.45, 2.75) is 0 Å². The average Bonchev–Trinajstić information content (AvgIpc) is 2.27. The summed E-state index contributed by atoms with van der Waals surface area (Å²) in [4.78, 5) is 0. The van der Waals surface area contributed by atoms with Gasteiger partial charge in [0, 0.05) is 24.7 Å². The SMILES string of the molecule is CN(C)S(=O)(=O)Nc1cc(Cl)ccc1C(N)=NO. The topological polar surface area (TPSA) is 108 Å². The van der Waals surface area contributed by atoms with E-state index in [2.05, 4.69) is 9.88 Å². The highest BCUT2D eigenvalue weighted by Crippen LogP contribution is 2.22. The van der Waals surface area contributed by atoms with E-state index in [4.69, 9.17) is 22.5 Å². The lowest BCUT2D eigenvalue weighted by Crippen LogP contribution is -2.30. The lowest BCUT2D eigenvalue weighted by molar-refractivity contribution is 0.318. The van der Waals surface area contributed by atoms with Crippen LogP contribution in [-0.4, -0.2) is 37.9 Å². The van der Waals surface area contributed by atoms with Crippen molar-refractivity contribution in [3.05, 3.63) is 28.8 Å². The highest BCUT2D eigenvalue weighted by atomic mass is 35.5. The second kappa shape index (κ2) is 5.42. The summed E-state index contributed by atoms with van der Waals surface area (Å²) < 4.78 is 26.7. The first kappa shape index (κ1) is 14.6. The van der Waals surface area contributed by atoms with Gasteiger partial charge in [-0.2, -0.15) is 12.7 Å². The van der Waals surface area contributed by atoms with Gasteiger partial charge in [-0.1, -0.05) is 16.8 Å². The zero-order chi connectivity index (χ0) is 13.9. The summed E-state index contributed by atoms with van der Waals surface area (Å²) in [5.74, 6) is -0.219. The average molecular weight is 293 g/mol. The van der Waals surface area contributed by atoms with Crippen LogP contribution in [0.1, 0.15) is 5.56 Å². The summed E-state index contributed by atoms with van der Waals surface area (Å²) in [5.41, 5.74) is 5.81. The Bertz CT molecular complexity index is 571. The van der Waals surface area contributed by atoms with E-state index in [1.807, 2.05) is 0 Å². The molecule has 1 aromatic carbocycles. The first-order valence-electron chi connectivity index (χ1n) is 4.75. The molecule has 0 aliphatic heterocycles. The minimum absolute atomic E-state index is 0.131. The van der Waals surface area contributed by atoms with Crippen molar-refractivity contribution in [2.24, 2.45) is 10.9 Å². The molecule has 0 saturated carbocycles. The molecule has 0 bridgehead atoms. The Morgan fingerprint density at radius 2 is 2.11 bits per heavy atom. The molecule has 1 aromatic rings. The van der Waals surface area contributed by atoms with Gasteiger partial charge in [0.25, 0.3) is 0 Å². The number of amidine groups is 1. The minimum Gasteiger partial charge on any atom is -0.409 e. The molecule has 0 heterocycles. The fourth-order valence-corrected chi connectivity index (χ4v) is 1.91. The van der Waals surface area contributed by atoms with Crippen molar-refractivity contribution in [3.8, 4) is 0 Å². The van der Waals surface area contributed by atoms with Crippen LogP contribution in [0.2, 0.25) is 5.02 Å². The van der Waals surface area contributed by atoms with Gasteiger partial charge in [-0.15, -0.1) is 0 Å². The van der Waals surface area contributed by atoms with Gasteiger partial charge >= 0.3 is 10.2 Å². The van der Waals surface area contributed by atoms with Gasteiger partial charge in [-0.25, -0.2) is 0 Å². The molecule has 7 nitrogen and oxygen atoms in total. The smallest absolute Gasteiger partial charge is 0.301 e. The van der Waals surface area contributed by atoms with Crippen LogP contribution in [0.5, 0.6) is 0 Å². The molecule has 0 atom stereocenters. The molecule has 0 aromatic heterocycles. The first-order valence-corrected chi connectivity index (χ1v) is 6.57. The molecule has 18 heavy (non-hydrogen) atoms. The Kier molecular flexibility index (Phi) is 4.38. The summed E-state index contributed by atoms with van der Waals surface area (Å²) in [7, 11) is -0.958. The van der Waals surface area contributed by atoms with E-state index in [9.17, 15) is 8.42 Å². The first-order chi connectivity index (χ1) is 8.27. The van der Waals surface area contributed by atoms with Gasteiger partial charge < -0.3 is 10.9 Å². The molecular weight excluding hydrogens is 280 g/mol. The van der Waals surface area contributed by atoms with Crippen molar-refractivity contribution in [1.29, 1.82) is 0 Å². The second-order valence-electron chi connectivity index (χ2n) is 3.56. The minimum atomic E-state index is -3.70. The van der Waals surface area contributed by atoms with Crippen molar-refractivity contribution >= 4 is 33.3 Å². The van der Waals surface area contributed by atoms with E-state index in [0.29, 0.717) is 5.02 Å². The highest BCUT2D eigenvalue weighted by molar-refractivity contribution is 7.90. The van der Waals surface area contributed by atoms with Gasteiger partial charge in [0.05, 0.1) is 5.69 Å². The zero-order valence-corrected chi connectivity index (χ0v) is 11.3. The fraction of sp³-hybridized carbons (Fsp3) is 0.222. The van der Waals surface area contributed by atoms with Crippen LogP contribution in [0.15, 0.2) is 23.4 Å². The van der Waals surface area contributed by atoms with Crippen LogP contribution in [0.3, 0.4) is 0 Å². The van der Waals surface area contributed by atoms with Crippen molar-refractivity contribution in [3.63, 3.8) is 0 Å². The maximum atomic E-state index is 11.7. The van der Waals surface area contributed by atoms with E-state index in [1.54, 1.807) is 0 Å². The molecule has 0 radical (unpaired) electrons. The van der Waals surface area contributed by atoms with E-state index in [-0.39, 0.29) is 17.1 Å². The molecule has 1 rings (SSSR count). The van der Waals surface area contributed by atoms with E-state index >= 15 is 0 Å². The third kappa shape index (κ3) is 3.25. The molecule has 0 spiro atoms. The molecule has 9 heteroatoms. The van der Waals surface area contributed by atoms with E-state index in [1.165, 1.54) is 32.3 Å². The van der Waals surface area contributed by atoms with Crippen LogP contribution >= 0.6 is 11.6 Å². The van der Waals surface area contributed by atoms with Crippen LogP contribution in [0, 0.1) is 0 Å². The summed E-state index contributed by atoms with van der Waals surface area (Å²) >= 11 is 5.78.